The van der Waals surface area contributed by atoms with Crippen molar-refractivity contribution in [3.63, 3.8) is 0 Å². The number of methoxy groups -OCH3 is 2. The van der Waals surface area contributed by atoms with Crippen LogP contribution in [-0.4, -0.2) is 24.9 Å². The molecule has 0 amide bonds. The van der Waals surface area contributed by atoms with E-state index in [1.54, 1.807) is 28.1 Å². The molecule has 0 aliphatic rings. The van der Waals surface area contributed by atoms with Crippen molar-refractivity contribution in [1.82, 2.24) is 0 Å². The molecule has 1 N–H and O–H groups in total. The molecule has 0 saturated carbocycles. The van der Waals surface area contributed by atoms with Crippen LogP contribution in [0.2, 0.25) is 0 Å². The fourth-order valence-electron chi connectivity index (χ4n) is 1.53. The Morgan fingerprint density at radius 1 is 1.13 bits per heavy atom. The minimum Gasteiger partial charge on any atom is -0.496 e. The van der Waals surface area contributed by atoms with Gasteiger partial charge in [-0.2, -0.15) is 0 Å². The van der Waals surface area contributed by atoms with Crippen LogP contribution in [0.25, 0.3) is 0 Å². The molecule has 1 aromatic rings. The van der Waals surface area contributed by atoms with E-state index in [1.807, 2.05) is 18.2 Å². The summed E-state index contributed by atoms with van der Waals surface area (Å²) in [5.41, 5.74) is 0.122. The molecule has 3 heteroatoms. The molecule has 1 rings (SSSR count). The first-order valence-electron chi connectivity index (χ1n) is 4.90. The average Bonchev–Trinajstić information content (AvgIpc) is 2.16. The summed E-state index contributed by atoms with van der Waals surface area (Å²) < 4.78 is 10.5. The Bertz CT molecular complexity index is 304. The second-order valence-electron chi connectivity index (χ2n) is 4.13. The first kappa shape index (κ1) is 11.9. The van der Waals surface area contributed by atoms with E-state index in [9.17, 15) is 5.11 Å². The van der Waals surface area contributed by atoms with Gasteiger partial charge in [0.15, 0.2) is 0 Å². The van der Waals surface area contributed by atoms with Crippen LogP contribution < -0.4 is 9.47 Å². The molecule has 0 fully saturated rings. The van der Waals surface area contributed by atoms with Crippen molar-refractivity contribution in [2.45, 2.75) is 25.9 Å². The molecule has 0 atom stereocenters. The maximum Gasteiger partial charge on any atom is 0.125 e. The number of aliphatic hydroxyl groups is 1. The van der Waals surface area contributed by atoms with Gasteiger partial charge in [-0.25, -0.2) is 0 Å². The molecular formula is C12H18O3. The Morgan fingerprint density at radius 2 is 1.60 bits per heavy atom. The maximum atomic E-state index is 9.80. The van der Waals surface area contributed by atoms with Crippen LogP contribution in [0.5, 0.6) is 11.5 Å². The monoisotopic (exact) mass is 210 g/mol. The van der Waals surface area contributed by atoms with Gasteiger partial charge in [0.25, 0.3) is 0 Å². The highest BCUT2D eigenvalue weighted by molar-refractivity contribution is 5.45. The molecule has 0 bridgehead atoms. The van der Waals surface area contributed by atoms with Crippen molar-refractivity contribution >= 4 is 0 Å². The molecule has 15 heavy (non-hydrogen) atoms. The maximum absolute atomic E-state index is 9.80. The number of rotatable bonds is 4. The normalized spacial score (nSPS) is 11.3. The second-order valence-corrected chi connectivity index (χ2v) is 4.13. The van der Waals surface area contributed by atoms with Crippen molar-refractivity contribution in [2.24, 2.45) is 0 Å². The van der Waals surface area contributed by atoms with Crippen LogP contribution in [0.15, 0.2) is 18.2 Å². The lowest BCUT2D eigenvalue weighted by atomic mass is 9.97. The molecule has 1 aromatic carbocycles. The Hall–Kier alpha value is -1.22. The minimum atomic E-state index is -0.776. The van der Waals surface area contributed by atoms with Crippen molar-refractivity contribution in [3.05, 3.63) is 23.8 Å². The Morgan fingerprint density at radius 3 is 1.93 bits per heavy atom. The third-order valence-corrected chi connectivity index (χ3v) is 2.14. The molecule has 0 aliphatic heterocycles. The minimum absolute atomic E-state index is 0.500. The van der Waals surface area contributed by atoms with Gasteiger partial charge in [0, 0.05) is 12.0 Å². The van der Waals surface area contributed by atoms with Crippen molar-refractivity contribution in [1.29, 1.82) is 0 Å². The quantitative estimate of drug-likeness (QED) is 0.826. The fraction of sp³-hybridized carbons (Fsp3) is 0.500. The van der Waals surface area contributed by atoms with E-state index in [0.717, 1.165) is 17.1 Å². The van der Waals surface area contributed by atoms with Gasteiger partial charge in [-0.1, -0.05) is 6.07 Å². The molecule has 3 nitrogen and oxygen atoms in total. The SMILES string of the molecule is COc1cccc(OC)c1CC(C)(C)O. The van der Waals surface area contributed by atoms with Crippen molar-refractivity contribution in [2.75, 3.05) is 14.2 Å². The summed E-state index contributed by atoms with van der Waals surface area (Å²) in [6.45, 7) is 3.53. The van der Waals surface area contributed by atoms with Crippen LogP contribution in [0, 0.1) is 0 Å². The topological polar surface area (TPSA) is 38.7 Å². The summed E-state index contributed by atoms with van der Waals surface area (Å²) in [4.78, 5) is 0. The fourth-order valence-corrected chi connectivity index (χ4v) is 1.53. The number of hydrogen-bond acceptors (Lipinski definition) is 3. The summed E-state index contributed by atoms with van der Waals surface area (Å²) in [7, 11) is 3.23. The zero-order chi connectivity index (χ0) is 11.5. The Labute approximate surface area is 90.6 Å². The number of benzene rings is 1. The summed E-state index contributed by atoms with van der Waals surface area (Å²) in [6.07, 6.45) is 0.500. The molecule has 84 valence electrons. The van der Waals surface area contributed by atoms with Crippen molar-refractivity contribution in [3.8, 4) is 11.5 Å². The zero-order valence-electron chi connectivity index (χ0n) is 9.70. The van der Waals surface area contributed by atoms with E-state index < -0.39 is 5.60 Å². The largest absolute Gasteiger partial charge is 0.496 e. The van der Waals surface area contributed by atoms with Gasteiger partial charge in [-0.05, 0) is 26.0 Å². The highest BCUT2D eigenvalue weighted by atomic mass is 16.5. The van der Waals surface area contributed by atoms with Crippen LogP contribution in [-0.2, 0) is 6.42 Å². The van der Waals surface area contributed by atoms with E-state index in [4.69, 9.17) is 9.47 Å². The summed E-state index contributed by atoms with van der Waals surface area (Å²) in [5.74, 6) is 1.49. The predicted octanol–water partition coefficient (Wildman–Crippen LogP) is 2.02. The lowest BCUT2D eigenvalue weighted by molar-refractivity contribution is 0.0795. The summed E-state index contributed by atoms with van der Waals surface area (Å²) >= 11 is 0. The summed E-state index contributed by atoms with van der Waals surface area (Å²) in [6, 6.07) is 5.60. The lowest BCUT2D eigenvalue weighted by Gasteiger charge is -2.20. The van der Waals surface area contributed by atoms with Crippen LogP contribution in [0.1, 0.15) is 19.4 Å². The predicted molar refractivity (Wildman–Crippen MR) is 59.5 cm³/mol. The third-order valence-electron chi connectivity index (χ3n) is 2.14. The van der Waals surface area contributed by atoms with E-state index in [0.29, 0.717) is 6.42 Å². The first-order chi connectivity index (χ1) is 6.98. The smallest absolute Gasteiger partial charge is 0.125 e. The third kappa shape index (κ3) is 3.13. The van der Waals surface area contributed by atoms with Crippen LogP contribution in [0.3, 0.4) is 0 Å². The van der Waals surface area contributed by atoms with Crippen LogP contribution >= 0.6 is 0 Å². The first-order valence-corrected chi connectivity index (χ1v) is 4.90. The molecule has 0 heterocycles. The van der Waals surface area contributed by atoms with Gasteiger partial charge < -0.3 is 14.6 Å². The molecular weight excluding hydrogens is 192 g/mol. The molecule has 0 radical (unpaired) electrons. The molecule has 0 unspecified atom stereocenters. The second kappa shape index (κ2) is 4.53. The van der Waals surface area contributed by atoms with Gasteiger partial charge in [0.1, 0.15) is 11.5 Å². The lowest BCUT2D eigenvalue weighted by Crippen LogP contribution is -2.22. The number of ether oxygens (including phenoxy) is 2. The van der Waals surface area contributed by atoms with Gasteiger partial charge in [-0.15, -0.1) is 0 Å². The Kier molecular flexibility index (Phi) is 3.58. The van der Waals surface area contributed by atoms with Gasteiger partial charge in [0.2, 0.25) is 0 Å². The van der Waals surface area contributed by atoms with E-state index in [2.05, 4.69) is 0 Å². The molecule has 0 saturated heterocycles. The van der Waals surface area contributed by atoms with E-state index >= 15 is 0 Å². The Balaban J connectivity index is 3.11. The van der Waals surface area contributed by atoms with E-state index in [1.165, 1.54) is 0 Å². The average molecular weight is 210 g/mol. The van der Waals surface area contributed by atoms with Crippen molar-refractivity contribution < 1.29 is 14.6 Å². The molecule has 0 spiro atoms. The van der Waals surface area contributed by atoms with Gasteiger partial charge in [0.05, 0.1) is 19.8 Å². The molecule has 0 aliphatic carbocycles. The van der Waals surface area contributed by atoms with Crippen LogP contribution in [0.4, 0.5) is 0 Å². The van der Waals surface area contributed by atoms with Gasteiger partial charge >= 0.3 is 0 Å². The standard InChI is InChI=1S/C12H18O3/c1-12(2,13)8-9-10(14-3)6-5-7-11(9)15-4/h5-7,13H,8H2,1-4H3. The zero-order valence-corrected chi connectivity index (χ0v) is 9.70. The highest BCUT2D eigenvalue weighted by Crippen LogP contribution is 2.31. The number of hydrogen-bond donors (Lipinski definition) is 1. The van der Waals surface area contributed by atoms with E-state index in [-0.39, 0.29) is 0 Å². The summed E-state index contributed by atoms with van der Waals surface area (Å²) in [5, 5.41) is 9.80. The highest BCUT2D eigenvalue weighted by Gasteiger charge is 2.19. The molecule has 0 aromatic heterocycles. The van der Waals surface area contributed by atoms with Gasteiger partial charge in [-0.3, -0.25) is 0 Å².